The van der Waals surface area contributed by atoms with Crippen LogP contribution < -0.4 is 0 Å². The summed E-state index contributed by atoms with van der Waals surface area (Å²) in [6.07, 6.45) is 0.0366. The Hall–Kier alpha value is -1.20. The molecule has 1 aliphatic carbocycles. The molecule has 2 fully saturated rings. The van der Waals surface area contributed by atoms with Gasteiger partial charge in [0, 0.05) is 20.0 Å². The molecule has 0 aromatic rings. The van der Waals surface area contributed by atoms with Crippen molar-refractivity contribution in [1.29, 1.82) is 5.26 Å². The first-order valence-electron chi connectivity index (χ1n) is 7.86. The van der Waals surface area contributed by atoms with Crippen LogP contribution >= 0.6 is 0 Å². The van der Waals surface area contributed by atoms with Crippen molar-refractivity contribution >= 4 is 5.97 Å². The molecule has 1 heterocycles. The fourth-order valence-electron chi connectivity index (χ4n) is 3.54. The number of aliphatic hydroxyl groups is 1. The molecule has 1 saturated carbocycles. The minimum absolute atomic E-state index is 0.0824. The standard InChI is InChI=1S/C16H25NO6/c1-10-15(2,21-4)23-12-9-16(19,14(18)20-3)8-11(6-5-7-17)13(12)22-10/h10-13,19H,5-6,8-9H2,1-4H3/t10-,11-,12+,13+,15-,16-/m0/s1. The van der Waals surface area contributed by atoms with E-state index in [1.54, 1.807) is 6.92 Å². The number of carbonyl (C=O) groups excluding carboxylic acids is 1. The molecule has 7 heteroatoms. The predicted molar refractivity (Wildman–Crippen MR) is 79.2 cm³/mol. The van der Waals surface area contributed by atoms with Crippen LogP contribution in [0, 0.1) is 17.2 Å². The second kappa shape index (κ2) is 6.73. The molecule has 0 bridgehead atoms. The molecule has 23 heavy (non-hydrogen) atoms. The fraction of sp³-hybridized carbons (Fsp3) is 0.875. The number of ether oxygens (including phenoxy) is 4. The fourth-order valence-corrected chi connectivity index (χ4v) is 3.54. The van der Waals surface area contributed by atoms with Crippen LogP contribution in [-0.4, -0.2) is 55.0 Å². The van der Waals surface area contributed by atoms with Crippen molar-refractivity contribution in [2.24, 2.45) is 5.92 Å². The first-order chi connectivity index (χ1) is 10.8. The Bertz CT molecular complexity index is 491. The third-order valence-corrected chi connectivity index (χ3v) is 5.05. The molecular weight excluding hydrogens is 302 g/mol. The van der Waals surface area contributed by atoms with Crippen molar-refractivity contribution in [2.45, 2.75) is 69.2 Å². The lowest BCUT2D eigenvalue weighted by Crippen LogP contribution is -2.64. The Morgan fingerprint density at radius 3 is 2.70 bits per heavy atom. The van der Waals surface area contributed by atoms with Crippen molar-refractivity contribution in [2.75, 3.05) is 14.2 Å². The van der Waals surface area contributed by atoms with Gasteiger partial charge in [0.2, 0.25) is 0 Å². The molecule has 0 aromatic heterocycles. The molecule has 0 unspecified atom stereocenters. The molecule has 2 rings (SSSR count). The van der Waals surface area contributed by atoms with Crippen LogP contribution in [0.25, 0.3) is 0 Å². The summed E-state index contributed by atoms with van der Waals surface area (Å²) >= 11 is 0. The van der Waals surface area contributed by atoms with Crippen LogP contribution in [0.4, 0.5) is 0 Å². The van der Waals surface area contributed by atoms with E-state index < -0.39 is 23.5 Å². The average molecular weight is 327 g/mol. The summed E-state index contributed by atoms with van der Waals surface area (Å²) in [5.41, 5.74) is -1.63. The summed E-state index contributed by atoms with van der Waals surface area (Å²) in [6.45, 7) is 3.63. The zero-order valence-corrected chi connectivity index (χ0v) is 14.1. The number of methoxy groups -OCH3 is 2. The first-order valence-corrected chi connectivity index (χ1v) is 7.86. The van der Waals surface area contributed by atoms with E-state index in [9.17, 15) is 9.90 Å². The number of esters is 1. The third kappa shape index (κ3) is 3.36. The molecule has 2 aliphatic rings. The van der Waals surface area contributed by atoms with Gasteiger partial charge in [-0.1, -0.05) is 0 Å². The van der Waals surface area contributed by atoms with Gasteiger partial charge in [0.25, 0.3) is 0 Å². The highest BCUT2D eigenvalue weighted by Crippen LogP contribution is 2.44. The van der Waals surface area contributed by atoms with E-state index in [1.165, 1.54) is 14.2 Å². The highest BCUT2D eigenvalue weighted by molar-refractivity contribution is 5.79. The number of hydrogen-bond donors (Lipinski definition) is 1. The highest BCUT2D eigenvalue weighted by atomic mass is 16.7. The van der Waals surface area contributed by atoms with Gasteiger partial charge >= 0.3 is 5.97 Å². The van der Waals surface area contributed by atoms with Crippen molar-refractivity contribution < 1.29 is 28.8 Å². The number of rotatable bonds is 4. The van der Waals surface area contributed by atoms with Crippen LogP contribution in [0.2, 0.25) is 0 Å². The molecule has 1 saturated heterocycles. The largest absolute Gasteiger partial charge is 0.467 e. The smallest absolute Gasteiger partial charge is 0.337 e. The lowest BCUT2D eigenvalue weighted by Gasteiger charge is -2.52. The molecule has 0 spiro atoms. The maximum atomic E-state index is 12.0. The zero-order chi connectivity index (χ0) is 17.3. The van der Waals surface area contributed by atoms with Gasteiger partial charge in [0.1, 0.15) is 6.10 Å². The number of hydrogen-bond acceptors (Lipinski definition) is 7. The van der Waals surface area contributed by atoms with Crippen molar-refractivity contribution in [3.05, 3.63) is 0 Å². The number of nitrogens with zero attached hydrogens (tertiary/aromatic N) is 1. The van der Waals surface area contributed by atoms with E-state index in [0.29, 0.717) is 12.8 Å². The van der Waals surface area contributed by atoms with E-state index in [0.717, 1.165) is 0 Å². The Balaban J connectivity index is 2.27. The summed E-state index contributed by atoms with van der Waals surface area (Å²) in [5, 5.41) is 19.6. The lowest BCUT2D eigenvalue weighted by molar-refractivity contribution is -0.365. The van der Waals surface area contributed by atoms with Crippen LogP contribution in [-0.2, 0) is 23.7 Å². The first kappa shape index (κ1) is 18.1. The lowest BCUT2D eigenvalue weighted by atomic mass is 9.72. The molecule has 0 amide bonds. The molecule has 7 nitrogen and oxygen atoms in total. The van der Waals surface area contributed by atoms with E-state index >= 15 is 0 Å². The Kier molecular flexibility index (Phi) is 5.31. The predicted octanol–water partition coefficient (Wildman–Crippen LogP) is 1.14. The van der Waals surface area contributed by atoms with Crippen molar-refractivity contribution in [3.8, 4) is 6.07 Å². The van der Waals surface area contributed by atoms with Gasteiger partial charge in [-0.05, 0) is 32.6 Å². The summed E-state index contributed by atoms with van der Waals surface area (Å²) in [7, 11) is 2.78. The SMILES string of the molecule is COC(=O)[C@]1(O)C[C@H](CCC#N)[C@H]2O[C@@H](C)[C@@](C)(OC)O[C@@H]2C1. The topological polar surface area (TPSA) is 98.0 Å². The third-order valence-electron chi connectivity index (χ3n) is 5.05. The molecule has 1 aliphatic heterocycles. The van der Waals surface area contributed by atoms with Gasteiger partial charge in [0.15, 0.2) is 11.4 Å². The molecule has 1 N–H and O–H groups in total. The maximum Gasteiger partial charge on any atom is 0.337 e. The Morgan fingerprint density at radius 1 is 1.43 bits per heavy atom. The minimum atomic E-state index is -1.63. The number of carbonyl (C=O) groups is 1. The quantitative estimate of drug-likeness (QED) is 0.773. The molecule has 0 aromatic carbocycles. The Labute approximate surface area is 136 Å². The van der Waals surface area contributed by atoms with Crippen LogP contribution in [0.5, 0.6) is 0 Å². The maximum absolute atomic E-state index is 12.0. The molecule has 6 atom stereocenters. The summed E-state index contributed by atoms with van der Waals surface area (Å²) < 4.78 is 22.3. The second-order valence-corrected chi connectivity index (χ2v) is 6.51. The van der Waals surface area contributed by atoms with Crippen LogP contribution in [0.15, 0.2) is 0 Å². The monoisotopic (exact) mass is 327 g/mol. The minimum Gasteiger partial charge on any atom is -0.467 e. The normalized spacial score (nSPS) is 43.3. The number of fused-ring (bicyclic) bond motifs is 1. The van der Waals surface area contributed by atoms with Gasteiger partial charge < -0.3 is 24.1 Å². The number of nitriles is 1. The van der Waals surface area contributed by atoms with E-state index in [2.05, 4.69) is 6.07 Å². The summed E-state index contributed by atoms with van der Waals surface area (Å²) in [4.78, 5) is 12.0. The van der Waals surface area contributed by atoms with Gasteiger partial charge in [-0.2, -0.15) is 5.26 Å². The van der Waals surface area contributed by atoms with E-state index in [4.69, 9.17) is 24.2 Å². The van der Waals surface area contributed by atoms with Gasteiger partial charge in [-0.15, -0.1) is 0 Å². The van der Waals surface area contributed by atoms with Crippen molar-refractivity contribution in [3.63, 3.8) is 0 Å². The van der Waals surface area contributed by atoms with Gasteiger partial charge in [0.05, 0.1) is 25.4 Å². The average Bonchev–Trinajstić information content (AvgIpc) is 2.53. The van der Waals surface area contributed by atoms with Gasteiger partial charge in [-0.25, -0.2) is 4.79 Å². The zero-order valence-electron chi connectivity index (χ0n) is 14.1. The van der Waals surface area contributed by atoms with Crippen molar-refractivity contribution in [1.82, 2.24) is 0 Å². The molecule has 130 valence electrons. The molecular formula is C16H25NO6. The summed E-state index contributed by atoms with van der Waals surface area (Å²) in [5.74, 6) is -1.80. The second-order valence-electron chi connectivity index (χ2n) is 6.51. The van der Waals surface area contributed by atoms with Gasteiger partial charge in [-0.3, -0.25) is 0 Å². The van der Waals surface area contributed by atoms with E-state index in [-0.39, 0.29) is 31.0 Å². The van der Waals surface area contributed by atoms with Crippen LogP contribution in [0.3, 0.4) is 0 Å². The van der Waals surface area contributed by atoms with Crippen LogP contribution in [0.1, 0.15) is 39.5 Å². The Morgan fingerprint density at radius 2 is 2.13 bits per heavy atom. The van der Waals surface area contributed by atoms with E-state index in [1.807, 2.05) is 6.92 Å². The highest BCUT2D eigenvalue weighted by Gasteiger charge is 2.56. The summed E-state index contributed by atoms with van der Waals surface area (Å²) in [6, 6.07) is 2.10. The molecule has 0 radical (unpaired) electrons.